The van der Waals surface area contributed by atoms with Crippen LogP contribution in [0.4, 0.5) is 0 Å². The average Bonchev–Trinajstić information content (AvgIpc) is 2.68. The van der Waals surface area contributed by atoms with Gasteiger partial charge in [0, 0.05) is 0 Å². The normalized spacial score (nSPS) is 11.4. The van der Waals surface area contributed by atoms with Crippen molar-refractivity contribution in [1.82, 2.24) is 0 Å². The van der Waals surface area contributed by atoms with E-state index in [9.17, 15) is 0 Å². The Labute approximate surface area is 153 Å². The molecule has 0 N–H and O–H groups in total. The van der Waals surface area contributed by atoms with Crippen LogP contribution in [0, 0.1) is 0 Å². The van der Waals surface area contributed by atoms with Gasteiger partial charge >= 0.3 is 154 Å². The van der Waals surface area contributed by atoms with E-state index in [1.807, 2.05) is 0 Å². The third-order valence-corrected chi connectivity index (χ3v) is 4.36. The molecule has 0 spiro atoms. The molecule has 0 amide bonds. The van der Waals surface area contributed by atoms with E-state index in [4.69, 9.17) is 4.74 Å². The van der Waals surface area contributed by atoms with E-state index in [1.54, 1.807) is 0 Å². The Balaban J connectivity index is 2.20. The standard InChI is InChI=1S/C22H21O.Li/c1-2-18-23-22(19-12-6-3-7-13-19,20-14-8-4-9-15-20)21-16-10-5-11-17-21;/h3-17H,1-2,18H2;. The van der Waals surface area contributed by atoms with Crippen LogP contribution in [0.25, 0.3) is 0 Å². The Morgan fingerprint density at radius 3 is 1.33 bits per heavy atom. The van der Waals surface area contributed by atoms with Crippen LogP contribution in [0.2, 0.25) is 5.09 Å². The molecular formula is C22H21LiO. The predicted octanol–water partition coefficient (Wildman–Crippen LogP) is 4.97. The van der Waals surface area contributed by atoms with Gasteiger partial charge in [0.05, 0.1) is 0 Å². The van der Waals surface area contributed by atoms with E-state index >= 15 is 0 Å². The molecule has 0 saturated carbocycles. The van der Waals surface area contributed by atoms with Crippen LogP contribution in [0.15, 0.2) is 91.0 Å². The molecular weight excluding hydrogens is 287 g/mol. The molecule has 0 fully saturated rings. The van der Waals surface area contributed by atoms with Gasteiger partial charge in [-0.05, 0) is 0 Å². The van der Waals surface area contributed by atoms with Gasteiger partial charge in [0.2, 0.25) is 0 Å². The van der Waals surface area contributed by atoms with Crippen LogP contribution in [0.5, 0.6) is 0 Å². The summed E-state index contributed by atoms with van der Waals surface area (Å²) < 4.78 is 6.63. The Morgan fingerprint density at radius 1 is 0.625 bits per heavy atom. The van der Waals surface area contributed by atoms with E-state index in [1.165, 1.54) is 16.7 Å². The molecule has 0 atom stereocenters. The van der Waals surface area contributed by atoms with Crippen molar-refractivity contribution in [2.24, 2.45) is 0 Å². The minimum absolute atomic E-state index is 0.570. The second kappa shape index (κ2) is 8.36. The Hall–Kier alpha value is -1.78. The molecule has 0 aliphatic heterocycles. The maximum atomic E-state index is 6.63. The fraction of sp³-hybridized carbons (Fsp3) is 0.182. The van der Waals surface area contributed by atoms with Crippen molar-refractivity contribution < 1.29 is 4.74 Å². The fourth-order valence-corrected chi connectivity index (χ4v) is 3.14. The summed E-state index contributed by atoms with van der Waals surface area (Å²) in [6.45, 7) is 0.731. The zero-order valence-electron chi connectivity index (χ0n) is 14.2. The summed E-state index contributed by atoms with van der Waals surface area (Å²) in [5, 5.41) is 1.12. The van der Waals surface area contributed by atoms with Gasteiger partial charge in [0.25, 0.3) is 0 Å². The van der Waals surface area contributed by atoms with Crippen molar-refractivity contribution in [2.45, 2.75) is 17.1 Å². The van der Waals surface area contributed by atoms with Crippen molar-refractivity contribution in [2.75, 3.05) is 6.61 Å². The maximum absolute atomic E-state index is 6.63. The van der Waals surface area contributed by atoms with Crippen molar-refractivity contribution in [1.29, 1.82) is 0 Å². The molecule has 0 aliphatic rings. The Kier molecular flexibility index (Phi) is 5.94. The van der Waals surface area contributed by atoms with Crippen LogP contribution in [0.3, 0.4) is 0 Å². The molecule has 0 radical (unpaired) electrons. The molecule has 0 heterocycles. The number of hydrogen-bond donors (Lipinski definition) is 0. The van der Waals surface area contributed by atoms with Gasteiger partial charge in [-0.15, -0.1) is 0 Å². The first-order valence-electron chi connectivity index (χ1n) is 8.68. The summed E-state index contributed by atoms with van der Waals surface area (Å²) >= 11 is 2.19. The SMILES string of the molecule is [Li][CH2]CCOC(c1ccccc1)(c1ccccc1)c1ccccc1. The van der Waals surface area contributed by atoms with Gasteiger partial charge in [0.1, 0.15) is 0 Å². The van der Waals surface area contributed by atoms with Gasteiger partial charge in [-0.25, -0.2) is 0 Å². The zero-order chi connectivity index (χ0) is 16.7. The summed E-state index contributed by atoms with van der Waals surface area (Å²) in [4.78, 5) is 0. The predicted molar refractivity (Wildman–Crippen MR) is 100 cm³/mol. The Morgan fingerprint density at radius 2 is 1.00 bits per heavy atom. The van der Waals surface area contributed by atoms with E-state index in [2.05, 4.69) is 109 Å². The minimum atomic E-state index is -0.570. The molecule has 0 bridgehead atoms. The van der Waals surface area contributed by atoms with Crippen LogP contribution in [-0.2, 0) is 10.3 Å². The van der Waals surface area contributed by atoms with E-state index < -0.39 is 5.60 Å². The molecule has 0 saturated heterocycles. The first-order chi connectivity index (χ1) is 11.9. The van der Waals surface area contributed by atoms with Gasteiger partial charge < -0.3 is 0 Å². The first-order valence-corrected chi connectivity index (χ1v) is 8.68. The summed E-state index contributed by atoms with van der Waals surface area (Å²) in [5.41, 5.74) is 2.93. The summed E-state index contributed by atoms with van der Waals surface area (Å²) in [5.74, 6) is 0. The van der Waals surface area contributed by atoms with Crippen molar-refractivity contribution >= 4 is 17.7 Å². The van der Waals surface area contributed by atoms with Gasteiger partial charge in [-0.3, -0.25) is 0 Å². The second-order valence-electron chi connectivity index (χ2n) is 5.98. The van der Waals surface area contributed by atoms with Crippen molar-refractivity contribution in [3.63, 3.8) is 0 Å². The quantitative estimate of drug-likeness (QED) is 0.340. The molecule has 116 valence electrons. The zero-order valence-corrected chi connectivity index (χ0v) is 14.2. The van der Waals surface area contributed by atoms with Crippen LogP contribution in [-0.4, -0.2) is 24.3 Å². The molecule has 1 nitrogen and oxygen atoms in total. The molecule has 2 heteroatoms. The molecule has 3 rings (SSSR count). The Bertz CT molecular complexity index is 629. The third kappa shape index (κ3) is 3.50. The molecule has 24 heavy (non-hydrogen) atoms. The molecule has 0 aromatic heterocycles. The summed E-state index contributed by atoms with van der Waals surface area (Å²) in [7, 11) is 0. The molecule has 3 aromatic rings. The number of ether oxygens (including phenoxy) is 1. The number of benzene rings is 3. The molecule has 3 aromatic carbocycles. The summed E-state index contributed by atoms with van der Waals surface area (Å²) in [6.07, 6.45) is 1.05. The van der Waals surface area contributed by atoms with Gasteiger partial charge in [-0.2, -0.15) is 0 Å². The van der Waals surface area contributed by atoms with Gasteiger partial charge in [0.15, 0.2) is 0 Å². The van der Waals surface area contributed by atoms with Crippen LogP contribution in [0.1, 0.15) is 23.1 Å². The molecule has 0 aliphatic carbocycles. The van der Waals surface area contributed by atoms with Gasteiger partial charge in [-0.1, -0.05) is 0 Å². The summed E-state index contributed by atoms with van der Waals surface area (Å²) in [6, 6.07) is 31.6. The third-order valence-electron chi connectivity index (χ3n) is 4.36. The van der Waals surface area contributed by atoms with Crippen LogP contribution < -0.4 is 0 Å². The van der Waals surface area contributed by atoms with Crippen molar-refractivity contribution in [3.8, 4) is 0 Å². The monoisotopic (exact) mass is 308 g/mol. The number of hydrogen-bond acceptors (Lipinski definition) is 1. The first kappa shape index (κ1) is 17.1. The van der Waals surface area contributed by atoms with E-state index in [0.717, 1.165) is 18.1 Å². The topological polar surface area (TPSA) is 9.23 Å². The molecule has 0 unspecified atom stereocenters. The van der Waals surface area contributed by atoms with Crippen LogP contribution >= 0.6 is 0 Å². The van der Waals surface area contributed by atoms with E-state index in [0.29, 0.717) is 0 Å². The van der Waals surface area contributed by atoms with Crippen molar-refractivity contribution in [3.05, 3.63) is 108 Å². The number of rotatable bonds is 7. The van der Waals surface area contributed by atoms with E-state index in [-0.39, 0.29) is 0 Å². The second-order valence-corrected chi connectivity index (χ2v) is 5.98. The fourth-order valence-electron chi connectivity index (χ4n) is 3.14. The average molecular weight is 308 g/mol.